The van der Waals surface area contributed by atoms with Gasteiger partial charge in [0.05, 0.1) is 36.8 Å². The molecule has 168 valence electrons. The Morgan fingerprint density at radius 2 is 1.81 bits per heavy atom. The van der Waals surface area contributed by atoms with E-state index in [1.807, 2.05) is 44.2 Å². The van der Waals surface area contributed by atoms with E-state index < -0.39 is 15.6 Å². The molecule has 0 saturated heterocycles. The summed E-state index contributed by atoms with van der Waals surface area (Å²) in [6, 6.07) is 18.4. The van der Waals surface area contributed by atoms with Gasteiger partial charge < -0.3 is 10.4 Å². The lowest BCUT2D eigenvalue weighted by Gasteiger charge is -2.27. The summed E-state index contributed by atoms with van der Waals surface area (Å²) in [7, 11) is -3.64. The molecule has 7 nitrogen and oxygen atoms in total. The number of anilines is 1. The van der Waals surface area contributed by atoms with Crippen molar-refractivity contribution in [1.29, 1.82) is 0 Å². The Balaban J connectivity index is 1.96. The first-order valence-electron chi connectivity index (χ1n) is 10.1. The number of hydrogen-bond acceptors (Lipinski definition) is 5. The van der Waals surface area contributed by atoms with Crippen LogP contribution in [-0.4, -0.2) is 43.8 Å². The molecule has 0 fully saturated rings. The highest BCUT2D eigenvalue weighted by Crippen LogP contribution is 2.32. The van der Waals surface area contributed by atoms with E-state index in [1.165, 1.54) is 6.20 Å². The number of hydrogen-bond donors (Lipinski definition) is 2. The van der Waals surface area contributed by atoms with Crippen LogP contribution in [0.5, 0.6) is 0 Å². The maximum atomic E-state index is 13.0. The van der Waals surface area contributed by atoms with Gasteiger partial charge in [0, 0.05) is 17.3 Å². The quantitative estimate of drug-likeness (QED) is 0.546. The highest BCUT2D eigenvalue weighted by Gasteiger charge is 2.24. The van der Waals surface area contributed by atoms with Crippen LogP contribution < -0.4 is 9.62 Å². The van der Waals surface area contributed by atoms with Gasteiger partial charge in [-0.2, -0.15) is 0 Å². The molecule has 0 unspecified atom stereocenters. The molecule has 3 rings (SSSR count). The highest BCUT2D eigenvalue weighted by atomic mass is 32.2. The van der Waals surface area contributed by atoms with E-state index in [-0.39, 0.29) is 19.1 Å². The molecule has 2 N–H and O–H groups in total. The predicted octanol–water partition coefficient (Wildman–Crippen LogP) is 3.17. The Morgan fingerprint density at radius 1 is 1.09 bits per heavy atom. The SMILES string of the molecule is CC(C)(NC(=O)c1cccc(-c2ccncc2N(CCO)S(C)(=O)=O)c1)c1ccccc1. The fourth-order valence-electron chi connectivity index (χ4n) is 3.50. The van der Waals surface area contributed by atoms with Crippen molar-refractivity contribution >= 4 is 21.6 Å². The molecule has 0 aliphatic rings. The fourth-order valence-corrected chi connectivity index (χ4v) is 4.41. The van der Waals surface area contributed by atoms with Crippen molar-refractivity contribution < 1.29 is 18.3 Å². The van der Waals surface area contributed by atoms with Gasteiger partial charge in [0.25, 0.3) is 5.91 Å². The lowest BCUT2D eigenvalue weighted by atomic mass is 9.93. The Bertz CT molecular complexity index is 1190. The Hall–Kier alpha value is -3.23. The van der Waals surface area contributed by atoms with Gasteiger partial charge in [-0.3, -0.25) is 14.1 Å². The van der Waals surface area contributed by atoms with E-state index in [2.05, 4.69) is 10.3 Å². The van der Waals surface area contributed by atoms with Gasteiger partial charge in [-0.05, 0) is 43.2 Å². The number of nitrogens with one attached hydrogen (secondary N) is 1. The molecule has 1 amide bonds. The second-order valence-electron chi connectivity index (χ2n) is 7.98. The minimum Gasteiger partial charge on any atom is -0.394 e. The smallest absolute Gasteiger partial charge is 0.251 e. The number of amides is 1. The summed E-state index contributed by atoms with van der Waals surface area (Å²) >= 11 is 0. The summed E-state index contributed by atoms with van der Waals surface area (Å²) in [6.07, 6.45) is 4.08. The number of rotatable bonds is 8. The molecule has 0 atom stereocenters. The normalized spacial score (nSPS) is 11.8. The average molecular weight is 454 g/mol. The molecule has 32 heavy (non-hydrogen) atoms. The lowest BCUT2D eigenvalue weighted by molar-refractivity contribution is 0.0912. The molecule has 0 aliphatic carbocycles. The van der Waals surface area contributed by atoms with Crippen LogP contribution >= 0.6 is 0 Å². The first-order chi connectivity index (χ1) is 15.1. The van der Waals surface area contributed by atoms with Crippen LogP contribution in [0.2, 0.25) is 0 Å². The minimum atomic E-state index is -3.64. The largest absolute Gasteiger partial charge is 0.394 e. The molecule has 0 spiro atoms. The number of aliphatic hydroxyl groups is 1. The molecule has 1 aromatic heterocycles. The van der Waals surface area contributed by atoms with Crippen LogP contribution in [0, 0.1) is 0 Å². The molecule has 0 radical (unpaired) electrons. The second kappa shape index (κ2) is 9.50. The van der Waals surface area contributed by atoms with Gasteiger partial charge in [-0.1, -0.05) is 42.5 Å². The van der Waals surface area contributed by atoms with E-state index in [0.29, 0.717) is 22.4 Å². The van der Waals surface area contributed by atoms with Gasteiger partial charge in [0.2, 0.25) is 10.0 Å². The third kappa shape index (κ3) is 5.33. The monoisotopic (exact) mass is 453 g/mol. The standard InChI is InChI=1S/C24H27N3O4S/c1-24(2,20-10-5-4-6-11-20)26-23(29)19-9-7-8-18(16-19)21-12-13-25-17-22(21)27(14-15-28)32(3,30)31/h4-13,16-17,28H,14-15H2,1-3H3,(H,26,29). The predicted molar refractivity (Wildman–Crippen MR) is 126 cm³/mol. The van der Waals surface area contributed by atoms with Crippen molar-refractivity contribution in [1.82, 2.24) is 10.3 Å². The summed E-state index contributed by atoms with van der Waals surface area (Å²) < 4.78 is 25.7. The minimum absolute atomic E-state index is 0.0943. The number of pyridine rings is 1. The molecule has 1 heterocycles. The average Bonchev–Trinajstić information content (AvgIpc) is 2.77. The molecule has 8 heteroatoms. The molecule has 0 aliphatic heterocycles. The van der Waals surface area contributed by atoms with Crippen LogP contribution in [0.25, 0.3) is 11.1 Å². The van der Waals surface area contributed by atoms with Crippen LogP contribution in [0.3, 0.4) is 0 Å². The zero-order valence-electron chi connectivity index (χ0n) is 18.3. The van der Waals surface area contributed by atoms with Crippen LogP contribution in [0.15, 0.2) is 73.1 Å². The van der Waals surface area contributed by atoms with Crippen molar-refractivity contribution in [2.24, 2.45) is 0 Å². The van der Waals surface area contributed by atoms with Gasteiger partial charge in [0.1, 0.15) is 0 Å². The Labute approximate surface area is 188 Å². The van der Waals surface area contributed by atoms with E-state index >= 15 is 0 Å². The number of sulfonamides is 1. The Morgan fingerprint density at radius 3 is 2.47 bits per heavy atom. The topological polar surface area (TPSA) is 99.6 Å². The van der Waals surface area contributed by atoms with E-state index in [0.717, 1.165) is 16.1 Å². The first-order valence-corrected chi connectivity index (χ1v) is 12.0. The van der Waals surface area contributed by atoms with Crippen molar-refractivity contribution in [3.05, 3.63) is 84.2 Å². The molecule has 0 bridgehead atoms. The third-order valence-electron chi connectivity index (χ3n) is 5.13. The molecule has 3 aromatic rings. The molecule has 2 aromatic carbocycles. The number of carbonyl (C=O) groups is 1. The number of nitrogens with zero attached hydrogens (tertiary/aromatic N) is 2. The van der Waals surface area contributed by atoms with Crippen LogP contribution in [0.4, 0.5) is 5.69 Å². The molecular weight excluding hydrogens is 426 g/mol. The van der Waals surface area contributed by atoms with Crippen molar-refractivity contribution in [3.8, 4) is 11.1 Å². The van der Waals surface area contributed by atoms with Crippen molar-refractivity contribution in [2.45, 2.75) is 19.4 Å². The summed E-state index contributed by atoms with van der Waals surface area (Å²) in [5, 5.41) is 12.4. The van der Waals surface area contributed by atoms with E-state index in [4.69, 9.17) is 0 Å². The summed E-state index contributed by atoms with van der Waals surface area (Å²) in [5.74, 6) is -0.244. The van der Waals surface area contributed by atoms with Gasteiger partial charge in [0.15, 0.2) is 0 Å². The van der Waals surface area contributed by atoms with Crippen LogP contribution in [-0.2, 0) is 15.6 Å². The number of carbonyl (C=O) groups excluding carboxylic acids is 1. The van der Waals surface area contributed by atoms with Crippen LogP contribution in [0.1, 0.15) is 29.8 Å². The lowest BCUT2D eigenvalue weighted by Crippen LogP contribution is -2.40. The maximum Gasteiger partial charge on any atom is 0.251 e. The summed E-state index contributed by atoms with van der Waals surface area (Å²) in [4.78, 5) is 17.1. The number of benzene rings is 2. The zero-order valence-corrected chi connectivity index (χ0v) is 19.1. The first kappa shape index (κ1) is 23.4. The van der Waals surface area contributed by atoms with Gasteiger partial charge in [-0.25, -0.2) is 8.42 Å². The fraction of sp³-hybridized carbons (Fsp3) is 0.250. The number of aliphatic hydroxyl groups excluding tert-OH is 1. The van der Waals surface area contributed by atoms with Gasteiger partial charge >= 0.3 is 0 Å². The second-order valence-corrected chi connectivity index (χ2v) is 9.88. The highest BCUT2D eigenvalue weighted by molar-refractivity contribution is 7.92. The van der Waals surface area contributed by atoms with Crippen molar-refractivity contribution in [3.63, 3.8) is 0 Å². The van der Waals surface area contributed by atoms with E-state index in [9.17, 15) is 18.3 Å². The van der Waals surface area contributed by atoms with E-state index in [1.54, 1.807) is 36.5 Å². The third-order valence-corrected chi connectivity index (χ3v) is 6.31. The summed E-state index contributed by atoms with van der Waals surface area (Å²) in [6.45, 7) is 3.44. The molecule has 0 saturated carbocycles. The summed E-state index contributed by atoms with van der Waals surface area (Å²) in [5.41, 5.74) is 2.45. The Kier molecular flexibility index (Phi) is 6.96. The number of aromatic nitrogens is 1. The van der Waals surface area contributed by atoms with Crippen molar-refractivity contribution in [2.75, 3.05) is 23.7 Å². The molecular formula is C24H27N3O4S. The maximum absolute atomic E-state index is 13.0. The zero-order chi connectivity index (χ0) is 23.4. The van der Waals surface area contributed by atoms with Gasteiger partial charge in [-0.15, -0.1) is 0 Å².